The van der Waals surface area contributed by atoms with E-state index in [1.807, 2.05) is 0 Å². The number of carbonyl (C=O) groups is 1. The molecule has 1 N–H and O–H groups in total. The first-order chi connectivity index (χ1) is 21.2. The van der Waals surface area contributed by atoms with Crippen LogP contribution in [0.1, 0.15) is 87.6 Å². The Balaban J connectivity index is 1.33. The van der Waals surface area contributed by atoms with Crippen LogP contribution in [0, 0.1) is 13.8 Å². The standard InChI is InChI=1S/C33H35F3N4O3S/c1-4-42-32(41)24-17-38-40(31(24)33(34,35)36)28-7-5-6-26(39-28)30-25(29(20(3)44-30)22-8-9-22)18-43-27-11-10-23(16-19(27)2)21-12-14-37-15-13-21/h5-7,10-11,16-17,21-22,37H,4,8-9,12-15,18H2,1-3H3. The monoisotopic (exact) mass is 624 g/mol. The maximum Gasteiger partial charge on any atom is 0.434 e. The SMILES string of the molecule is CCOC(=O)c1cnn(-c2cccc(-c3sc(C)c(C4CC4)c3COc3ccc(C4CCNCC4)cc3C)n2)c1C(F)(F)F. The topological polar surface area (TPSA) is 78.3 Å². The zero-order valence-electron chi connectivity index (χ0n) is 25.0. The number of ether oxygens (including phenoxy) is 2. The van der Waals surface area contributed by atoms with Gasteiger partial charge in [0.15, 0.2) is 11.5 Å². The van der Waals surface area contributed by atoms with Crippen molar-refractivity contribution in [2.24, 2.45) is 0 Å². The molecule has 3 aromatic heterocycles. The number of thiophene rings is 1. The maximum atomic E-state index is 14.2. The van der Waals surface area contributed by atoms with E-state index in [2.05, 4.69) is 47.4 Å². The van der Waals surface area contributed by atoms with Crippen molar-refractivity contribution in [1.29, 1.82) is 0 Å². The van der Waals surface area contributed by atoms with Gasteiger partial charge in [-0.2, -0.15) is 18.3 Å². The van der Waals surface area contributed by atoms with Crippen molar-refractivity contribution in [1.82, 2.24) is 20.1 Å². The summed E-state index contributed by atoms with van der Waals surface area (Å²) in [4.78, 5) is 19.0. The average Bonchev–Trinajstić information content (AvgIpc) is 3.63. The lowest BCUT2D eigenvalue weighted by molar-refractivity contribution is -0.143. The van der Waals surface area contributed by atoms with Gasteiger partial charge in [-0.1, -0.05) is 18.2 Å². The number of pyridine rings is 1. The van der Waals surface area contributed by atoms with Gasteiger partial charge in [0.1, 0.15) is 17.9 Å². The molecule has 1 saturated carbocycles. The Kier molecular flexibility index (Phi) is 8.52. The van der Waals surface area contributed by atoms with Crippen molar-refractivity contribution in [2.75, 3.05) is 19.7 Å². The number of hydrogen-bond donors (Lipinski definition) is 1. The first kappa shape index (κ1) is 30.3. The highest BCUT2D eigenvalue weighted by Gasteiger charge is 2.41. The quantitative estimate of drug-likeness (QED) is 0.192. The summed E-state index contributed by atoms with van der Waals surface area (Å²) in [5.74, 6) is 0.694. The van der Waals surface area contributed by atoms with Gasteiger partial charge in [0.2, 0.25) is 0 Å². The van der Waals surface area contributed by atoms with Gasteiger partial charge in [0, 0.05) is 10.4 Å². The van der Waals surface area contributed by atoms with E-state index in [4.69, 9.17) is 9.47 Å². The van der Waals surface area contributed by atoms with Crippen LogP contribution in [0.4, 0.5) is 13.2 Å². The van der Waals surface area contributed by atoms with Gasteiger partial charge in [-0.15, -0.1) is 11.3 Å². The van der Waals surface area contributed by atoms with E-state index in [1.165, 1.54) is 24.1 Å². The fourth-order valence-corrected chi connectivity index (χ4v) is 7.29. The normalized spacial score (nSPS) is 15.9. The zero-order chi connectivity index (χ0) is 31.0. The minimum atomic E-state index is -4.85. The lowest BCUT2D eigenvalue weighted by Gasteiger charge is -2.23. The van der Waals surface area contributed by atoms with Gasteiger partial charge >= 0.3 is 12.1 Å². The van der Waals surface area contributed by atoms with Crippen molar-refractivity contribution in [3.05, 3.63) is 81.0 Å². The Bertz CT molecular complexity index is 1670. The van der Waals surface area contributed by atoms with E-state index in [-0.39, 0.29) is 12.4 Å². The predicted molar refractivity (Wildman–Crippen MR) is 163 cm³/mol. The van der Waals surface area contributed by atoms with E-state index in [1.54, 1.807) is 23.5 Å². The van der Waals surface area contributed by atoms with Gasteiger partial charge in [0.25, 0.3) is 0 Å². The number of carbonyl (C=O) groups excluding carboxylic acids is 1. The lowest BCUT2D eigenvalue weighted by atomic mass is 9.89. The van der Waals surface area contributed by atoms with Gasteiger partial charge in [-0.3, -0.25) is 0 Å². The molecule has 2 fully saturated rings. The van der Waals surface area contributed by atoms with Crippen LogP contribution in [0.2, 0.25) is 0 Å². The highest BCUT2D eigenvalue weighted by atomic mass is 32.1. The third kappa shape index (κ3) is 6.12. The summed E-state index contributed by atoms with van der Waals surface area (Å²) in [6, 6.07) is 11.3. The molecular weight excluding hydrogens is 589 g/mol. The molecule has 1 aromatic carbocycles. The number of halogens is 3. The van der Waals surface area contributed by atoms with Crippen LogP contribution in [0.3, 0.4) is 0 Å². The third-order valence-corrected chi connectivity index (χ3v) is 9.50. The number of benzene rings is 1. The number of rotatable bonds is 9. The van der Waals surface area contributed by atoms with Gasteiger partial charge < -0.3 is 14.8 Å². The second-order valence-electron chi connectivity index (χ2n) is 11.4. The number of hydrogen-bond acceptors (Lipinski definition) is 7. The number of alkyl halides is 3. The molecule has 1 saturated heterocycles. The fraction of sp³-hybridized carbons (Fsp3) is 0.424. The van der Waals surface area contributed by atoms with Crippen molar-refractivity contribution < 1.29 is 27.4 Å². The van der Waals surface area contributed by atoms with E-state index in [0.29, 0.717) is 28.8 Å². The van der Waals surface area contributed by atoms with Gasteiger partial charge in [-0.05, 0) is 106 Å². The second kappa shape index (κ2) is 12.4. The van der Waals surface area contributed by atoms with Crippen LogP contribution in [-0.4, -0.2) is 40.4 Å². The number of nitrogens with one attached hydrogen (secondary N) is 1. The molecule has 0 unspecified atom stereocenters. The van der Waals surface area contributed by atoms with Crippen molar-refractivity contribution in [3.8, 4) is 22.1 Å². The minimum absolute atomic E-state index is 0.0411. The van der Waals surface area contributed by atoms with Crippen LogP contribution < -0.4 is 10.1 Å². The molecule has 44 heavy (non-hydrogen) atoms. The molecule has 1 aliphatic carbocycles. The molecular formula is C33H35F3N4O3S. The van der Waals surface area contributed by atoms with Crippen molar-refractivity contribution in [2.45, 2.75) is 71.1 Å². The van der Waals surface area contributed by atoms with E-state index >= 15 is 0 Å². The minimum Gasteiger partial charge on any atom is -0.489 e. The van der Waals surface area contributed by atoms with Crippen LogP contribution in [0.15, 0.2) is 42.6 Å². The Labute approximate surface area is 258 Å². The first-order valence-electron chi connectivity index (χ1n) is 15.0. The summed E-state index contributed by atoms with van der Waals surface area (Å²) in [6.45, 7) is 8.02. The fourth-order valence-electron chi connectivity index (χ4n) is 6.08. The zero-order valence-corrected chi connectivity index (χ0v) is 25.8. The molecule has 0 spiro atoms. The summed E-state index contributed by atoms with van der Waals surface area (Å²) in [6.07, 6.45) is 0.478. The molecule has 2 aliphatic rings. The van der Waals surface area contributed by atoms with Crippen molar-refractivity contribution >= 4 is 17.3 Å². The average molecular weight is 625 g/mol. The highest BCUT2D eigenvalue weighted by molar-refractivity contribution is 7.15. The maximum absolute atomic E-state index is 14.2. The molecule has 7 nitrogen and oxygen atoms in total. The molecule has 0 amide bonds. The summed E-state index contributed by atoms with van der Waals surface area (Å²) in [5.41, 5.74) is 3.36. The number of nitrogens with zero attached hydrogens (tertiary/aromatic N) is 3. The Morgan fingerprint density at radius 2 is 1.86 bits per heavy atom. The summed E-state index contributed by atoms with van der Waals surface area (Å²) < 4.78 is 54.5. The summed E-state index contributed by atoms with van der Waals surface area (Å²) in [7, 11) is 0. The molecule has 0 radical (unpaired) electrons. The molecule has 232 valence electrons. The van der Waals surface area contributed by atoms with Crippen molar-refractivity contribution in [3.63, 3.8) is 0 Å². The third-order valence-electron chi connectivity index (χ3n) is 8.32. The lowest BCUT2D eigenvalue weighted by Crippen LogP contribution is -2.26. The van der Waals surface area contributed by atoms with Gasteiger partial charge in [-0.25, -0.2) is 14.5 Å². The number of aromatic nitrogens is 3. The van der Waals surface area contributed by atoms with E-state index in [9.17, 15) is 18.0 Å². The number of aryl methyl sites for hydroxylation is 2. The smallest absolute Gasteiger partial charge is 0.434 e. The highest BCUT2D eigenvalue weighted by Crippen LogP contribution is 2.49. The molecule has 6 rings (SSSR count). The Morgan fingerprint density at radius 3 is 2.55 bits per heavy atom. The Hall–Kier alpha value is -3.70. The summed E-state index contributed by atoms with van der Waals surface area (Å²) in [5, 5.41) is 7.33. The van der Waals surface area contributed by atoms with Crippen LogP contribution in [0.25, 0.3) is 16.4 Å². The molecule has 1 aliphatic heterocycles. The van der Waals surface area contributed by atoms with Gasteiger partial charge in [0.05, 0.1) is 23.4 Å². The predicted octanol–water partition coefficient (Wildman–Crippen LogP) is 7.73. The number of esters is 1. The molecule has 4 aromatic rings. The molecule has 0 atom stereocenters. The van der Waals surface area contributed by atoms with Crippen LogP contribution >= 0.6 is 11.3 Å². The molecule has 0 bridgehead atoms. The van der Waals surface area contributed by atoms with Crippen LogP contribution in [-0.2, 0) is 17.5 Å². The number of piperidine rings is 1. The second-order valence-corrected chi connectivity index (χ2v) is 12.6. The van der Waals surface area contributed by atoms with E-state index < -0.39 is 23.4 Å². The Morgan fingerprint density at radius 1 is 1.09 bits per heavy atom. The molecule has 4 heterocycles. The largest absolute Gasteiger partial charge is 0.489 e. The first-order valence-corrected chi connectivity index (χ1v) is 15.8. The van der Waals surface area contributed by atoms with E-state index in [0.717, 1.165) is 71.6 Å². The molecule has 11 heteroatoms. The summed E-state index contributed by atoms with van der Waals surface area (Å²) >= 11 is 1.58. The van der Waals surface area contributed by atoms with Crippen LogP contribution in [0.5, 0.6) is 5.75 Å².